The SMILES string of the molecule is CC(C)C1CNc2c(cccc2N2CCCCC2)C1. The second-order valence-corrected chi connectivity index (χ2v) is 6.45. The molecule has 2 nitrogen and oxygen atoms in total. The zero-order valence-electron chi connectivity index (χ0n) is 12.3. The minimum absolute atomic E-state index is 0.763. The van der Waals surface area contributed by atoms with E-state index in [0.717, 1.165) is 18.4 Å². The minimum Gasteiger partial charge on any atom is -0.383 e. The number of hydrogen-bond donors (Lipinski definition) is 1. The van der Waals surface area contributed by atoms with E-state index >= 15 is 0 Å². The molecular formula is C17H26N2. The molecule has 1 unspecified atom stereocenters. The highest BCUT2D eigenvalue weighted by Gasteiger charge is 2.24. The number of para-hydroxylation sites is 1. The fraction of sp³-hybridized carbons (Fsp3) is 0.647. The van der Waals surface area contributed by atoms with Crippen LogP contribution in [0.3, 0.4) is 0 Å². The number of benzene rings is 1. The molecule has 1 saturated heterocycles. The highest BCUT2D eigenvalue weighted by Crippen LogP contribution is 2.36. The lowest BCUT2D eigenvalue weighted by Gasteiger charge is -2.35. The van der Waals surface area contributed by atoms with Crippen LogP contribution in [0, 0.1) is 11.8 Å². The maximum absolute atomic E-state index is 3.72. The summed E-state index contributed by atoms with van der Waals surface area (Å²) >= 11 is 0. The molecule has 3 rings (SSSR count). The monoisotopic (exact) mass is 258 g/mol. The van der Waals surface area contributed by atoms with E-state index in [4.69, 9.17) is 0 Å². The lowest BCUT2D eigenvalue weighted by Crippen LogP contribution is -2.33. The Kier molecular flexibility index (Phi) is 3.67. The summed E-state index contributed by atoms with van der Waals surface area (Å²) in [6.45, 7) is 8.27. The highest BCUT2D eigenvalue weighted by molar-refractivity contribution is 5.74. The third-order valence-corrected chi connectivity index (χ3v) is 4.79. The van der Waals surface area contributed by atoms with E-state index in [1.54, 1.807) is 0 Å². The first kappa shape index (κ1) is 12.8. The molecule has 1 aromatic carbocycles. The maximum Gasteiger partial charge on any atom is 0.0610 e. The summed E-state index contributed by atoms with van der Waals surface area (Å²) in [5.74, 6) is 1.54. The van der Waals surface area contributed by atoms with Gasteiger partial charge in [-0.1, -0.05) is 26.0 Å². The summed E-state index contributed by atoms with van der Waals surface area (Å²) in [7, 11) is 0. The Labute approximate surface area is 117 Å². The number of anilines is 2. The molecule has 0 amide bonds. The van der Waals surface area contributed by atoms with E-state index in [9.17, 15) is 0 Å². The molecule has 0 radical (unpaired) electrons. The zero-order valence-corrected chi connectivity index (χ0v) is 12.3. The van der Waals surface area contributed by atoms with Crippen LogP contribution in [0.1, 0.15) is 38.7 Å². The smallest absolute Gasteiger partial charge is 0.0610 e. The molecule has 0 saturated carbocycles. The average molecular weight is 258 g/mol. The standard InChI is InChI=1S/C17H26N2/c1-13(2)15-11-14-7-6-8-16(17(14)18-12-15)19-9-4-3-5-10-19/h6-8,13,15,18H,3-5,9-12H2,1-2H3. The van der Waals surface area contributed by atoms with Crippen molar-refractivity contribution in [3.05, 3.63) is 23.8 Å². The van der Waals surface area contributed by atoms with Gasteiger partial charge in [-0.3, -0.25) is 0 Å². The first-order valence-electron chi connectivity index (χ1n) is 7.86. The molecule has 104 valence electrons. The maximum atomic E-state index is 3.72. The Bertz CT molecular complexity index is 433. The van der Waals surface area contributed by atoms with Gasteiger partial charge in [0.25, 0.3) is 0 Å². The molecule has 0 bridgehead atoms. The van der Waals surface area contributed by atoms with Crippen molar-refractivity contribution in [3.8, 4) is 0 Å². The molecule has 2 heteroatoms. The van der Waals surface area contributed by atoms with Crippen molar-refractivity contribution >= 4 is 11.4 Å². The van der Waals surface area contributed by atoms with E-state index in [-0.39, 0.29) is 0 Å². The van der Waals surface area contributed by atoms with Crippen LogP contribution in [0.15, 0.2) is 18.2 Å². The van der Waals surface area contributed by atoms with Gasteiger partial charge in [-0.2, -0.15) is 0 Å². The average Bonchev–Trinajstić information content (AvgIpc) is 2.47. The van der Waals surface area contributed by atoms with Crippen LogP contribution in [-0.4, -0.2) is 19.6 Å². The third kappa shape index (κ3) is 2.58. The van der Waals surface area contributed by atoms with Gasteiger partial charge in [-0.05, 0) is 49.1 Å². The summed E-state index contributed by atoms with van der Waals surface area (Å²) < 4.78 is 0. The van der Waals surface area contributed by atoms with Gasteiger partial charge >= 0.3 is 0 Å². The molecule has 1 fully saturated rings. The summed E-state index contributed by atoms with van der Waals surface area (Å²) in [4.78, 5) is 2.57. The summed E-state index contributed by atoms with van der Waals surface area (Å²) in [5, 5.41) is 3.72. The first-order valence-corrected chi connectivity index (χ1v) is 7.86. The summed E-state index contributed by atoms with van der Waals surface area (Å²) in [6, 6.07) is 6.85. The number of piperidine rings is 1. The van der Waals surface area contributed by atoms with Crippen LogP contribution in [0.4, 0.5) is 11.4 Å². The van der Waals surface area contributed by atoms with Crippen LogP contribution in [-0.2, 0) is 6.42 Å². The van der Waals surface area contributed by atoms with Crippen LogP contribution in [0.2, 0.25) is 0 Å². The molecule has 2 aliphatic rings. The quantitative estimate of drug-likeness (QED) is 0.865. The van der Waals surface area contributed by atoms with Crippen molar-refractivity contribution < 1.29 is 0 Å². The van der Waals surface area contributed by atoms with Gasteiger partial charge in [0, 0.05) is 19.6 Å². The molecule has 0 spiro atoms. The van der Waals surface area contributed by atoms with Gasteiger partial charge in [0.1, 0.15) is 0 Å². The zero-order chi connectivity index (χ0) is 13.2. The molecule has 0 aliphatic carbocycles. The van der Waals surface area contributed by atoms with Gasteiger partial charge in [0.15, 0.2) is 0 Å². The number of fused-ring (bicyclic) bond motifs is 1. The van der Waals surface area contributed by atoms with Crippen LogP contribution in [0.25, 0.3) is 0 Å². The molecule has 1 N–H and O–H groups in total. The Morgan fingerprint density at radius 1 is 1.16 bits per heavy atom. The van der Waals surface area contributed by atoms with E-state index in [1.807, 2.05) is 0 Å². The molecule has 2 heterocycles. The Hall–Kier alpha value is -1.18. The predicted octanol–water partition coefficient (Wildman–Crippen LogP) is 3.92. The Morgan fingerprint density at radius 2 is 1.95 bits per heavy atom. The largest absolute Gasteiger partial charge is 0.383 e. The van der Waals surface area contributed by atoms with Crippen molar-refractivity contribution in [2.75, 3.05) is 29.9 Å². The van der Waals surface area contributed by atoms with Crippen molar-refractivity contribution in [1.82, 2.24) is 0 Å². The van der Waals surface area contributed by atoms with Crippen molar-refractivity contribution in [1.29, 1.82) is 0 Å². The van der Waals surface area contributed by atoms with Crippen LogP contribution < -0.4 is 10.2 Å². The topological polar surface area (TPSA) is 15.3 Å². The molecular weight excluding hydrogens is 232 g/mol. The lowest BCUT2D eigenvalue weighted by molar-refractivity contribution is 0.393. The van der Waals surface area contributed by atoms with Gasteiger partial charge in [0.05, 0.1) is 11.4 Å². The number of nitrogens with zero attached hydrogens (tertiary/aromatic N) is 1. The van der Waals surface area contributed by atoms with Gasteiger partial charge < -0.3 is 10.2 Å². The van der Waals surface area contributed by atoms with Gasteiger partial charge in [0.2, 0.25) is 0 Å². The lowest BCUT2D eigenvalue weighted by atomic mass is 9.85. The molecule has 0 aromatic heterocycles. The molecule has 19 heavy (non-hydrogen) atoms. The van der Waals surface area contributed by atoms with E-state index in [2.05, 4.69) is 42.3 Å². The molecule has 2 aliphatic heterocycles. The van der Waals surface area contributed by atoms with Crippen molar-refractivity contribution in [3.63, 3.8) is 0 Å². The van der Waals surface area contributed by atoms with E-state index < -0.39 is 0 Å². The summed E-state index contributed by atoms with van der Waals surface area (Å²) in [5.41, 5.74) is 4.38. The first-order chi connectivity index (χ1) is 9.25. The predicted molar refractivity (Wildman–Crippen MR) is 83.0 cm³/mol. The Balaban J connectivity index is 1.86. The highest BCUT2D eigenvalue weighted by atomic mass is 15.1. The van der Waals surface area contributed by atoms with E-state index in [1.165, 1.54) is 55.7 Å². The van der Waals surface area contributed by atoms with E-state index in [0.29, 0.717) is 0 Å². The van der Waals surface area contributed by atoms with Crippen LogP contribution >= 0.6 is 0 Å². The number of hydrogen-bond acceptors (Lipinski definition) is 2. The third-order valence-electron chi connectivity index (χ3n) is 4.79. The van der Waals surface area contributed by atoms with Gasteiger partial charge in [-0.25, -0.2) is 0 Å². The Morgan fingerprint density at radius 3 is 2.68 bits per heavy atom. The minimum atomic E-state index is 0.763. The second-order valence-electron chi connectivity index (χ2n) is 6.45. The second kappa shape index (κ2) is 5.44. The van der Waals surface area contributed by atoms with Gasteiger partial charge in [-0.15, -0.1) is 0 Å². The fourth-order valence-corrected chi connectivity index (χ4v) is 3.42. The normalized spacial score (nSPS) is 23.1. The van der Waals surface area contributed by atoms with Crippen molar-refractivity contribution in [2.24, 2.45) is 11.8 Å². The number of nitrogens with one attached hydrogen (secondary N) is 1. The fourth-order valence-electron chi connectivity index (χ4n) is 3.42. The van der Waals surface area contributed by atoms with Crippen molar-refractivity contribution in [2.45, 2.75) is 39.5 Å². The summed E-state index contributed by atoms with van der Waals surface area (Å²) in [6.07, 6.45) is 5.33. The molecule has 1 atom stereocenters. The van der Waals surface area contributed by atoms with Crippen LogP contribution in [0.5, 0.6) is 0 Å². The number of rotatable bonds is 2. The molecule has 1 aromatic rings.